The molecule has 0 amide bonds. The van der Waals surface area contributed by atoms with Gasteiger partial charge in [0.25, 0.3) is 0 Å². The van der Waals surface area contributed by atoms with Crippen molar-refractivity contribution < 1.29 is 28.5 Å². The van der Waals surface area contributed by atoms with E-state index >= 15 is 0 Å². The molecule has 1 saturated carbocycles. The van der Waals surface area contributed by atoms with E-state index in [0.29, 0.717) is 0 Å². The molecule has 0 radical (unpaired) electrons. The summed E-state index contributed by atoms with van der Waals surface area (Å²) in [5.74, 6) is 0. The molecular formula is C7H13ClHgNO2-. The fraction of sp³-hybridized carbons (Fsp3) is 1.00. The van der Waals surface area contributed by atoms with Crippen LogP contribution in [-0.2, 0) is 23.3 Å². The maximum atomic E-state index is 11.0. The van der Waals surface area contributed by atoms with Gasteiger partial charge in [0.2, 0.25) is 0 Å². The van der Waals surface area contributed by atoms with Crippen molar-refractivity contribution in [3.8, 4) is 0 Å². The Morgan fingerprint density at radius 1 is 1.42 bits per heavy atom. The zero-order valence-corrected chi connectivity index (χ0v) is 13.4. The molecule has 0 spiro atoms. The van der Waals surface area contributed by atoms with E-state index in [2.05, 4.69) is 0 Å². The van der Waals surface area contributed by atoms with Crippen molar-refractivity contribution in [2.75, 3.05) is 0 Å². The number of hydrogen-bond donors (Lipinski definition) is 1. The Hall–Kier alpha value is 1.11. The predicted octanol–water partition coefficient (Wildman–Crippen LogP) is 2.53. The Bertz CT molecular complexity index is 134. The van der Waals surface area contributed by atoms with E-state index in [1.54, 1.807) is 0 Å². The van der Waals surface area contributed by atoms with Crippen LogP contribution in [0, 0.1) is 5.21 Å². The van der Waals surface area contributed by atoms with Gasteiger partial charge in [0.15, 0.2) is 0 Å². The molecule has 1 aliphatic carbocycles. The van der Waals surface area contributed by atoms with Crippen LogP contribution in [0.25, 0.3) is 0 Å². The molecule has 68 valence electrons. The van der Waals surface area contributed by atoms with Crippen LogP contribution in [0.5, 0.6) is 0 Å². The molecule has 1 rings (SSSR count). The van der Waals surface area contributed by atoms with Crippen LogP contribution < -0.4 is 0 Å². The summed E-state index contributed by atoms with van der Waals surface area (Å²) >= 11 is -1.32. The molecule has 3 nitrogen and oxygen atoms in total. The molecule has 0 unspecified atom stereocenters. The van der Waals surface area contributed by atoms with E-state index in [1.165, 1.54) is 6.42 Å². The van der Waals surface area contributed by atoms with Crippen LogP contribution in [0.4, 0.5) is 0 Å². The zero-order chi connectivity index (χ0) is 9.03. The van der Waals surface area contributed by atoms with Crippen molar-refractivity contribution in [3.63, 3.8) is 0 Å². The molecule has 0 saturated heterocycles. The topological polar surface area (TPSA) is 46.5 Å². The van der Waals surface area contributed by atoms with Gasteiger partial charge in [-0.15, -0.1) is 0 Å². The van der Waals surface area contributed by atoms with Gasteiger partial charge in [-0.1, -0.05) is 0 Å². The molecule has 1 aliphatic rings. The van der Waals surface area contributed by atoms with Gasteiger partial charge in [0.1, 0.15) is 0 Å². The summed E-state index contributed by atoms with van der Waals surface area (Å²) in [5.41, 5.74) is -0.471. The monoisotopic (exact) mass is 380 g/mol. The van der Waals surface area contributed by atoms with Gasteiger partial charge in [-0.3, -0.25) is 0 Å². The van der Waals surface area contributed by atoms with Gasteiger partial charge in [-0.25, -0.2) is 0 Å². The molecule has 12 heavy (non-hydrogen) atoms. The molecule has 0 bridgehead atoms. The van der Waals surface area contributed by atoms with Gasteiger partial charge < -0.3 is 0 Å². The van der Waals surface area contributed by atoms with Gasteiger partial charge >= 0.3 is 88.8 Å². The first-order valence-electron chi connectivity index (χ1n) is 4.43. The zero-order valence-electron chi connectivity index (χ0n) is 7.13. The van der Waals surface area contributed by atoms with E-state index in [1.807, 2.05) is 0 Å². The standard InChI is InChI=1S/C7H13NO2.ClH.Hg/c1-7(8(9)10)5-3-2-4-6-7;;/h9H,1-6H2;1H;/q-1;;+1/p-1. The fourth-order valence-corrected chi connectivity index (χ4v) is 9.06. The normalized spacial score (nSPS) is 22.3. The minimum absolute atomic E-state index is 0.189. The van der Waals surface area contributed by atoms with E-state index in [-0.39, 0.29) is 5.23 Å². The van der Waals surface area contributed by atoms with Gasteiger partial charge in [0.05, 0.1) is 0 Å². The Balaban J connectivity index is 2.56. The number of halogens is 1. The summed E-state index contributed by atoms with van der Waals surface area (Å²) in [6.07, 6.45) is 4.97. The van der Waals surface area contributed by atoms with E-state index in [9.17, 15) is 5.21 Å². The first-order chi connectivity index (χ1) is 5.71. The second kappa shape index (κ2) is 5.10. The fourth-order valence-electron chi connectivity index (χ4n) is 1.92. The summed E-state index contributed by atoms with van der Waals surface area (Å²) in [6, 6.07) is 0. The summed E-state index contributed by atoms with van der Waals surface area (Å²) in [7, 11) is 5.81. The second-order valence-corrected chi connectivity index (χ2v) is 10.2. The number of rotatable bonds is 3. The third-order valence-corrected chi connectivity index (χ3v) is 8.76. The Labute approximate surface area is 88.5 Å². The van der Waals surface area contributed by atoms with Crippen LogP contribution in [0.1, 0.15) is 32.1 Å². The summed E-state index contributed by atoms with van der Waals surface area (Å²) < 4.78 is 0.814. The second-order valence-electron chi connectivity index (χ2n) is 3.50. The Morgan fingerprint density at radius 2 is 2.00 bits per heavy atom. The van der Waals surface area contributed by atoms with Gasteiger partial charge in [0, 0.05) is 0 Å². The SMILES string of the molecule is [O-]N(O)C1([CH2][Hg][Cl])CCCCC1. The van der Waals surface area contributed by atoms with E-state index < -0.39 is 28.9 Å². The van der Waals surface area contributed by atoms with Gasteiger partial charge in [-0.05, 0) is 0 Å². The average Bonchev–Trinajstić information content (AvgIpc) is 2.06. The van der Waals surface area contributed by atoms with Crippen LogP contribution in [0.3, 0.4) is 0 Å². The van der Waals surface area contributed by atoms with Crippen molar-refractivity contribution in [1.82, 2.24) is 5.23 Å². The van der Waals surface area contributed by atoms with Crippen molar-refractivity contribution in [2.24, 2.45) is 0 Å². The van der Waals surface area contributed by atoms with Crippen LogP contribution in [0.2, 0.25) is 3.93 Å². The number of hydrogen-bond acceptors (Lipinski definition) is 3. The molecule has 0 atom stereocenters. The number of hydroxylamine groups is 2. The van der Waals surface area contributed by atoms with Crippen LogP contribution >= 0.6 is 8.25 Å². The minimum atomic E-state index is -1.32. The molecule has 0 aliphatic heterocycles. The molecule has 1 N–H and O–H groups in total. The third-order valence-electron chi connectivity index (χ3n) is 2.75. The van der Waals surface area contributed by atoms with Gasteiger partial charge in [-0.2, -0.15) is 0 Å². The molecule has 0 heterocycles. The molecule has 0 aromatic carbocycles. The predicted molar refractivity (Wildman–Crippen MR) is 43.5 cm³/mol. The summed E-state index contributed by atoms with van der Waals surface area (Å²) in [5, 5.41) is 20.2. The van der Waals surface area contributed by atoms with Crippen molar-refractivity contribution in [3.05, 3.63) is 5.21 Å². The molecule has 1 fully saturated rings. The van der Waals surface area contributed by atoms with Crippen LogP contribution in [-0.4, -0.2) is 16.0 Å². The van der Waals surface area contributed by atoms with Crippen LogP contribution in [0.15, 0.2) is 0 Å². The van der Waals surface area contributed by atoms with Crippen molar-refractivity contribution in [1.29, 1.82) is 0 Å². The van der Waals surface area contributed by atoms with Crippen molar-refractivity contribution >= 4 is 8.25 Å². The van der Waals surface area contributed by atoms with Crippen molar-refractivity contribution in [2.45, 2.75) is 41.6 Å². The molecule has 0 aromatic heterocycles. The summed E-state index contributed by atoms with van der Waals surface area (Å²) in [6.45, 7) is 0. The Morgan fingerprint density at radius 3 is 2.42 bits per heavy atom. The quantitative estimate of drug-likeness (QED) is 0.606. The average molecular weight is 379 g/mol. The van der Waals surface area contributed by atoms with E-state index in [4.69, 9.17) is 13.5 Å². The first-order valence-corrected chi connectivity index (χ1v) is 15.1. The first kappa shape index (κ1) is 11.2. The Kier molecular flexibility index (Phi) is 4.75. The molecule has 5 heteroatoms. The molecule has 0 aromatic rings. The van der Waals surface area contributed by atoms with E-state index in [0.717, 1.165) is 29.6 Å². The third kappa shape index (κ3) is 2.55. The summed E-state index contributed by atoms with van der Waals surface area (Å²) in [4.78, 5) is 0. The number of nitrogens with zero attached hydrogens (tertiary/aromatic N) is 1. The maximum absolute atomic E-state index is 11.0. The molecular weight excluding hydrogens is 366 g/mol.